The van der Waals surface area contributed by atoms with Crippen LogP contribution in [0.15, 0.2) is 45.6 Å². The summed E-state index contributed by atoms with van der Waals surface area (Å²) in [5, 5.41) is 0. The van der Waals surface area contributed by atoms with Crippen molar-refractivity contribution < 1.29 is 18.7 Å². The average Bonchev–Trinajstić information content (AvgIpc) is 3.19. The molecule has 0 unspecified atom stereocenters. The van der Waals surface area contributed by atoms with E-state index in [9.17, 15) is 14.4 Å². The highest BCUT2D eigenvalue weighted by Crippen LogP contribution is 2.25. The predicted molar refractivity (Wildman–Crippen MR) is 129 cm³/mol. The van der Waals surface area contributed by atoms with Crippen molar-refractivity contribution >= 4 is 18.5 Å². The molecule has 1 aromatic heterocycles. The molecule has 34 heavy (non-hydrogen) atoms. The molecule has 4 rings (SSSR count). The fourth-order valence-electron chi connectivity index (χ4n) is 4.47. The van der Waals surface area contributed by atoms with E-state index < -0.39 is 5.60 Å². The number of carbonyl (C=O) groups is 2. The topological polar surface area (TPSA) is 80.1 Å². The second-order valence-electron chi connectivity index (χ2n) is 10.1. The molecule has 0 atom stereocenters. The number of nitrogens with zero attached hydrogens (tertiary/aromatic N) is 2. The molecule has 0 aliphatic carbocycles. The van der Waals surface area contributed by atoms with Crippen LogP contribution in [0.25, 0.3) is 6.08 Å². The molecule has 2 aromatic rings. The van der Waals surface area contributed by atoms with Gasteiger partial charge in [0.1, 0.15) is 11.4 Å². The van der Waals surface area contributed by atoms with Gasteiger partial charge in [-0.25, -0.2) is 4.79 Å². The van der Waals surface area contributed by atoms with Crippen molar-refractivity contribution in [1.29, 1.82) is 0 Å². The lowest BCUT2D eigenvalue weighted by Crippen LogP contribution is -2.41. The predicted octanol–water partition coefficient (Wildman–Crippen LogP) is 4.63. The van der Waals surface area contributed by atoms with Gasteiger partial charge in [0.05, 0.1) is 12.1 Å². The molecule has 7 nitrogen and oxygen atoms in total. The van der Waals surface area contributed by atoms with Crippen molar-refractivity contribution in [2.45, 2.75) is 58.8 Å². The van der Waals surface area contributed by atoms with Crippen LogP contribution in [-0.2, 0) is 24.4 Å². The molecule has 3 heterocycles. The fraction of sp³-hybridized carbons (Fsp3) is 0.444. The number of carbonyl (C=O) groups excluding carboxylic acids is 2. The summed E-state index contributed by atoms with van der Waals surface area (Å²) in [7, 11) is 0. The minimum atomic E-state index is -0.516. The number of rotatable bonds is 5. The Balaban J connectivity index is 1.38. The molecule has 2 aliphatic heterocycles. The summed E-state index contributed by atoms with van der Waals surface area (Å²) >= 11 is 0. The monoisotopic (exact) mass is 464 g/mol. The summed E-state index contributed by atoms with van der Waals surface area (Å²) in [5.41, 5.74) is 2.09. The van der Waals surface area contributed by atoms with Crippen molar-refractivity contribution in [3.8, 4) is 0 Å². The lowest BCUT2D eigenvalue weighted by Gasteiger charge is -2.32. The first-order valence-electron chi connectivity index (χ1n) is 11.8. The number of likely N-dealkylation sites (tertiary alicyclic amines) is 1. The molecular formula is C27H32N2O5. The Morgan fingerprint density at radius 2 is 1.79 bits per heavy atom. The highest BCUT2D eigenvalue weighted by molar-refractivity contribution is 5.77. The van der Waals surface area contributed by atoms with Crippen LogP contribution in [-0.4, -0.2) is 40.9 Å². The summed E-state index contributed by atoms with van der Waals surface area (Å²) in [5.74, 6) is 0.754. The van der Waals surface area contributed by atoms with Gasteiger partial charge in [0, 0.05) is 32.2 Å². The minimum absolute atomic E-state index is 0.0571. The normalized spacial score (nSPS) is 17.2. The Hall–Kier alpha value is -3.19. The lowest BCUT2D eigenvalue weighted by atomic mass is 9.95. The lowest BCUT2D eigenvalue weighted by molar-refractivity contribution is 0.0197. The van der Waals surface area contributed by atoms with Crippen LogP contribution in [0, 0.1) is 5.92 Å². The van der Waals surface area contributed by atoms with Gasteiger partial charge in [-0.2, -0.15) is 0 Å². The number of benzene rings is 1. The highest BCUT2D eigenvalue weighted by Gasteiger charge is 2.26. The quantitative estimate of drug-likeness (QED) is 0.601. The third kappa shape index (κ3) is 5.83. The van der Waals surface area contributed by atoms with Gasteiger partial charge in [-0.1, -0.05) is 36.4 Å². The minimum Gasteiger partial charge on any atom is -0.456 e. The Morgan fingerprint density at radius 3 is 2.38 bits per heavy atom. The summed E-state index contributed by atoms with van der Waals surface area (Å²) < 4.78 is 11.2. The summed E-state index contributed by atoms with van der Waals surface area (Å²) in [6.45, 7) is 8.80. The maximum atomic E-state index is 12.8. The van der Waals surface area contributed by atoms with Crippen LogP contribution in [0.1, 0.15) is 66.6 Å². The van der Waals surface area contributed by atoms with E-state index in [1.165, 1.54) is 17.2 Å². The molecule has 1 aromatic carbocycles. The first-order valence-corrected chi connectivity index (χ1v) is 11.8. The average molecular weight is 465 g/mol. The molecule has 1 fully saturated rings. The van der Waals surface area contributed by atoms with Gasteiger partial charge < -0.3 is 14.1 Å². The standard InChI is InChI=1S/C27H32N2O5/c1-27(2,3)34-26(32)29-12-10-19(11-13-29)8-9-23-24(31)14-22(33-25(23)18-30)17-28-15-20-6-4-5-7-21(20)16-28/h4-9,14,18-19H,10-13,15-17H2,1-3H3/b9-8+. The number of allylic oxidation sites excluding steroid dienone is 1. The number of ether oxygens (including phenoxy) is 1. The largest absolute Gasteiger partial charge is 0.456 e. The second-order valence-corrected chi connectivity index (χ2v) is 10.1. The summed E-state index contributed by atoms with van der Waals surface area (Å²) in [4.78, 5) is 40.6. The van der Waals surface area contributed by atoms with Crippen molar-refractivity contribution in [1.82, 2.24) is 9.80 Å². The SMILES string of the molecule is CC(C)(C)OC(=O)N1CCC(/C=C/c2c(C=O)oc(CN3Cc4ccccc4C3)cc2=O)CC1. The number of amides is 1. The van der Waals surface area contributed by atoms with E-state index in [2.05, 4.69) is 17.0 Å². The number of fused-ring (bicyclic) bond motifs is 1. The fourth-order valence-corrected chi connectivity index (χ4v) is 4.47. The molecule has 0 spiro atoms. The summed E-state index contributed by atoms with van der Waals surface area (Å²) in [6.07, 6.45) is 5.49. The third-order valence-corrected chi connectivity index (χ3v) is 6.18. The zero-order valence-electron chi connectivity index (χ0n) is 20.1. The van der Waals surface area contributed by atoms with Gasteiger partial charge >= 0.3 is 6.09 Å². The Bertz CT molecular complexity index is 1110. The molecule has 0 saturated carbocycles. The molecule has 7 heteroatoms. The smallest absolute Gasteiger partial charge is 0.410 e. The Morgan fingerprint density at radius 1 is 1.15 bits per heavy atom. The van der Waals surface area contributed by atoms with Crippen LogP contribution in [0.5, 0.6) is 0 Å². The van der Waals surface area contributed by atoms with E-state index in [1.807, 2.05) is 39.0 Å². The molecule has 0 N–H and O–H groups in total. The second kappa shape index (κ2) is 9.97. The van der Waals surface area contributed by atoms with Crippen LogP contribution < -0.4 is 5.43 Å². The first kappa shape index (κ1) is 24.0. The Labute approximate surface area is 200 Å². The van der Waals surface area contributed by atoms with Crippen LogP contribution in [0.2, 0.25) is 0 Å². The van der Waals surface area contributed by atoms with E-state index in [0.717, 1.165) is 25.9 Å². The van der Waals surface area contributed by atoms with Crippen molar-refractivity contribution in [3.05, 3.63) is 74.8 Å². The molecule has 0 bridgehead atoms. The molecular weight excluding hydrogens is 432 g/mol. The third-order valence-electron chi connectivity index (χ3n) is 6.18. The van der Waals surface area contributed by atoms with Crippen molar-refractivity contribution in [2.75, 3.05) is 13.1 Å². The van der Waals surface area contributed by atoms with Gasteiger partial charge in [-0.3, -0.25) is 14.5 Å². The molecule has 0 radical (unpaired) electrons. The molecule has 1 saturated heterocycles. The van der Waals surface area contributed by atoms with Crippen molar-refractivity contribution in [3.63, 3.8) is 0 Å². The van der Waals surface area contributed by atoms with Crippen LogP contribution in [0.4, 0.5) is 4.79 Å². The number of piperidine rings is 1. The maximum absolute atomic E-state index is 12.8. The molecule has 2 aliphatic rings. The highest BCUT2D eigenvalue weighted by atomic mass is 16.6. The van der Waals surface area contributed by atoms with E-state index in [1.54, 1.807) is 11.0 Å². The van der Waals surface area contributed by atoms with Gasteiger partial charge in [0.25, 0.3) is 0 Å². The molecule has 180 valence electrons. The van der Waals surface area contributed by atoms with E-state index in [-0.39, 0.29) is 28.8 Å². The van der Waals surface area contributed by atoms with Crippen LogP contribution in [0.3, 0.4) is 0 Å². The first-order chi connectivity index (χ1) is 16.2. The van der Waals surface area contributed by atoms with Gasteiger partial charge in [-0.15, -0.1) is 0 Å². The number of hydrogen-bond acceptors (Lipinski definition) is 6. The van der Waals surface area contributed by atoms with E-state index in [0.29, 0.717) is 31.7 Å². The van der Waals surface area contributed by atoms with Gasteiger partial charge in [-0.05, 0) is 50.7 Å². The zero-order valence-corrected chi connectivity index (χ0v) is 20.1. The number of aldehydes is 1. The maximum Gasteiger partial charge on any atom is 0.410 e. The Kier molecular flexibility index (Phi) is 7.03. The van der Waals surface area contributed by atoms with Crippen molar-refractivity contribution in [2.24, 2.45) is 5.92 Å². The van der Waals surface area contributed by atoms with E-state index >= 15 is 0 Å². The number of hydrogen-bond donors (Lipinski definition) is 0. The zero-order chi connectivity index (χ0) is 24.3. The van der Waals surface area contributed by atoms with Crippen LogP contribution >= 0.6 is 0 Å². The molecule has 1 amide bonds. The van der Waals surface area contributed by atoms with Gasteiger partial charge in [0.15, 0.2) is 17.5 Å². The van der Waals surface area contributed by atoms with E-state index in [4.69, 9.17) is 9.15 Å². The summed E-state index contributed by atoms with van der Waals surface area (Å²) in [6, 6.07) is 9.74. The van der Waals surface area contributed by atoms with Gasteiger partial charge in [0.2, 0.25) is 0 Å².